The molecule has 3 heterocycles. The maximum atomic E-state index is 10.2. The molecule has 0 aliphatic carbocycles. The molecule has 3 aliphatic heterocycles. The second kappa shape index (κ2) is 6.96. The standard InChI is InChI=1S/C24H24O6/c1-15-23(11-9-17-5-3-7-21(25)19(17)13-27-23)30-16(2)24(29-15)12-10-18-6-4-8-22(26)20(18)14-28-24/h3-12,15-16,25-26H,13-14H2,1-2H3/t15-,16-,23-,24+/m1/s1. The lowest BCUT2D eigenvalue weighted by Crippen LogP contribution is -2.62. The second-order valence-electron chi connectivity index (χ2n) is 7.90. The van der Waals surface area contributed by atoms with Crippen LogP contribution in [0.3, 0.4) is 0 Å². The van der Waals surface area contributed by atoms with Crippen LogP contribution in [-0.2, 0) is 32.2 Å². The summed E-state index contributed by atoms with van der Waals surface area (Å²) in [6.45, 7) is 4.14. The van der Waals surface area contributed by atoms with Crippen molar-refractivity contribution < 1.29 is 29.2 Å². The van der Waals surface area contributed by atoms with Crippen molar-refractivity contribution in [1.82, 2.24) is 0 Å². The summed E-state index contributed by atoms with van der Waals surface area (Å²) < 4.78 is 25.1. The van der Waals surface area contributed by atoms with Gasteiger partial charge in [0.1, 0.15) is 23.7 Å². The molecule has 1 fully saturated rings. The molecule has 6 heteroatoms. The molecule has 30 heavy (non-hydrogen) atoms. The summed E-state index contributed by atoms with van der Waals surface area (Å²) in [5, 5.41) is 20.4. The Kier molecular flexibility index (Phi) is 4.48. The average molecular weight is 408 g/mol. The van der Waals surface area contributed by atoms with Crippen LogP contribution in [0.2, 0.25) is 0 Å². The Morgan fingerprint density at radius 3 is 1.60 bits per heavy atom. The first-order valence-electron chi connectivity index (χ1n) is 10.1. The van der Waals surface area contributed by atoms with Crippen LogP contribution >= 0.6 is 0 Å². The zero-order valence-corrected chi connectivity index (χ0v) is 16.9. The van der Waals surface area contributed by atoms with E-state index in [0.29, 0.717) is 11.1 Å². The monoisotopic (exact) mass is 408 g/mol. The third kappa shape index (κ3) is 2.96. The number of hydrogen-bond donors (Lipinski definition) is 2. The third-order valence-corrected chi connectivity index (χ3v) is 6.10. The van der Waals surface area contributed by atoms with Crippen molar-refractivity contribution in [3.05, 3.63) is 70.8 Å². The number of aromatic hydroxyl groups is 2. The van der Waals surface area contributed by atoms with Gasteiger partial charge >= 0.3 is 0 Å². The fourth-order valence-corrected chi connectivity index (χ4v) is 4.25. The van der Waals surface area contributed by atoms with E-state index in [2.05, 4.69) is 0 Å². The zero-order valence-electron chi connectivity index (χ0n) is 16.9. The van der Waals surface area contributed by atoms with Crippen LogP contribution in [0.5, 0.6) is 11.5 Å². The molecule has 6 nitrogen and oxygen atoms in total. The molecular weight excluding hydrogens is 384 g/mol. The Morgan fingerprint density at radius 2 is 1.17 bits per heavy atom. The van der Waals surface area contributed by atoms with Crippen molar-refractivity contribution >= 4 is 12.2 Å². The lowest BCUT2D eigenvalue weighted by molar-refractivity contribution is -0.408. The highest BCUT2D eigenvalue weighted by Gasteiger charge is 2.54. The van der Waals surface area contributed by atoms with Crippen molar-refractivity contribution in [3.63, 3.8) is 0 Å². The van der Waals surface area contributed by atoms with E-state index >= 15 is 0 Å². The number of rotatable bonds is 0. The molecule has 0 saturated carbocycles. The molecule has 1 saturated heterocycles. The van der Waals surface area contributed by atoms with Gasteiger partial charge in [0.15, 0.2) is 0 Å². The predicted octanol–water partition coefficient (Wildman–Crippen LogP) is 4.10. The zero-order chi connectivity index (χ0) is 20.9. The van der Waals surface area contributed by atoms with E-state index in [1.807, 2.05) is 50.3 Å². The van der Waals surface area contributed by atoms with Gasteiger partial charge in [-0.05, 0) is 49.3 Å². The first-order valence-corrected chi connectivity index (χ1v) is 10.1. The Bertz CT molecular complexity index is 960. The lowest BCUT2D eigenvalue weighted by Gasteiger charge is -2.50. The van der Waals surface area contributed by atoms with Crippen LogP contribution in [0.25, 0.3) is 12.2 Å². The summed E-state index contributed by atoms with van der Waals surface area (Å²) in [7, 11) is 0. The first-order chi connectivity index (χ1) is 14.4. The Hall–Kier alpha value is -2.64. The Morgan fingerprint density at radius 1 is 0.733 bits per heavy atom. The summed E-state index contributed by atoms with van der Waals surface area (Å²) in [6.07, 6.45) is 6.47. The summed E-state index contributed by atoms with van der Waals surface area (Å²) >= 11 is 0. The highest BCUT2D eigenvalue weighted by Crippen LogP contribution is 2.44. The van der Waals surface area contributed by atoms with Gasteiger partial charge in [0.2, 0.25) is 11.6 Å². The van der Waals surface area contributed by atoms with Gasteiger partial charge in [-0.1, -0.05) is 36.4 Å². The number of phenols is 2. The number of ether oxygens (including phenoxy) is 4. The maximum Gasteiger partial charge on any atom is 0.215 e. The molecule has 2 aromatic rings. The molecule has 4 atom stereocenters. The van der Waals surface area contributed by atoms with Gasteiger partial charge in [0.05, 0.1) is 13.2 Å². The fraction of sp³-hybridized carbons (Fsp3) is 0.333. The van der Waals surface area contributed by atoms with Gasteiger partial charge in [-0.25, -0.2) is 0 Å². The molecule has 2 aromatic carbocycles. The maximum absolute atomic E-state index is 10.2. The number of hydrogen-bond acceptors (Lipinski definition) is 6. The van der Waals surface area contributed by atoms with Gasteiger partial charge in [0.25, 0.3) is 0 Å². The Balaban J connectivity index is 1.44. The summed E-state index contributed by atoms with van der Waals surface area (Å²) in [5.74, 6) is -1.85. The van der Waals surface area contributed by atoms with Crippen molar-refractivity contribution in [2.24, 2.45) is 0 Å². The minimum absolute atomic E-state index is 0.190. The smallest absolute Gasteiger partial charge is 0.215 e. The highest BCUT2D eigenvalue weighted by atomic mass is 16.8. The van der Waals surface area contributed by atoms with E-state index in [1.54, 1.807) is 24.3 Å². The van der Waals surface area contributed by atoms with E-state index in [9.17, 15) is 10.2 Å². The number of benzene rings is 2. The van der Waals surface area contributed by atoms with E-state index in [0.717, 1.165) is 11.1 Å². The van der Waals surface area contributed by atoms with Gasteiger partial charge in [-0.15, -0.1) is 0 Å². The first kappa shape index (κ1) is 19.3. The van der Waals surface area contributed by atoms with Gasteiger partial charge in [-0.3, -0.25) is 0 Å². The molecule has 0 radical (unpaired) electrons. The van der Waals surface area contributed by atoms with Crippen LogP contribution in [-0.4, -0.2) is 34.0 Å². The van der Waals surface area contributed by atoms with Crippen LogP contribution in [0.1, 0.15) is 36.1 Å². The number of phenolic OH excluding ortho intramolecular Hbond substituents is 2. The Labute approximate surface area is 175 Å². The molecule has 2 N–H and O–H groups in total. The third-order valence-electron chi connectivity index (χ3n) is 6.10. The largest absolute Gasteiger partial charge is 0.508 e. The molecule has 0 unspecified atom stereocenters. The topological polar surface area (TPSA) is 77.4 Å². The van der Waals surface area contributed by atoms with E-state index in [1.165, 1.54) is 0 Å². The van der Waals surface area contributed by atoms with E-state index < -0.39 is 23.8 Å². The van der Waals surface area contributed by atoms with E-state index in [-0.39, 0.29) is 24.7 Å². The molecule has 156 valence electrons. The summed E-state index contributed by atoms with van der Waals surface area (Å²) in [4.78, 5) is 0. The van der Waals surface area contributed by atoms with Crippen LogP contribution < -0.4 is 0 Å². The van der Waals surface area contributed by atoms with Gasteiger partial charge in [-0.2, -0.15) is 0 Å². The van der Waals surface area contributed by atoms with Crippen molar-refractivity contribution in [2.45, 2.75) is 50.8 Å². The molecule has 0 aromatic heterocycles. The van der Waals surface area contributed by atoms with Gasteiger partial charge < -0.3 is 29.2 Å². The number of fused-ring (bicyclic) bond motifs is 2. The summed E-state index contributed by atoms with van der Waals surface area (Å²) in [5.41, 5.74) is 3.19. The normalized spacial score (nSPS) is 32.5. The van der Waals surface area contributed by atoms with Crippen molar-refractivity contribution in [1.29, 1.82) is 0 Å². The predicted molar refractivity (Wildman–Crippen MR) is 110 cm³/mol. The minimum Gasteiger partial charge on any atom is -0.508 e. The van der Waals surface area contributed by atoms with E-state index in [4.69, 9.17) is 18.9 Å². The lowest BCUT2D eigenvalue weighted by atomic mass is 10.0. The quantitative estimate of drug-likeness (QED) is 0.683. The average Bonchev–Trinajstić information content (AvgIpc) is 3.03. The molecule has 3 aliphatic rings. The van der Waals surface area contributed by atoms with Crippen molar-refractivity contribution in [2.75, 3.05) is 0 Å². The van der Waals surface area contributed by atoms with Crippen molar-refractivity contribution in [3.8, 4) is 11.5 Å². The fourth-order valence-electron chi connectivity index (χ4n) is 4.25. The summed E-state index contributed by atoms with van der Waals surface area (Å²) in [6, 6.07) is 10.7. The van der Waals surface area contributed by atoms with Gasteiger partial charge in [0, 0.05) is 11.1 Å². The van der Waals surface area contributed by atoms with Crippen LogP contribution in [0, 0.1) is 0 Å². The second-order valence-corrected chi connectivity index (χ2v) is 7.90. The van der Waals surface area contributed by atoms with Crippen LogP contribution in [0.4, 0.5) is 0 Å². The molecule has 2 spiro atoms. The molecular formula is C24H24O6. The molecule has 5 rings (SSSR count). The minimum atomic E-state index is -1.12. The highest BCUT2D eigenvalue weighted by molar-refractivity contribution is 5.60. The SMILES string of the molecule is C[C@H]1O[C@]2(C=Cc3cccc(O)c3CO2)[C@@H](C)O[C@@]12C=Cc1cccc(O)c1CO2. The van der Waals surface area contributed by atoms with Crippen LogP contribution in [0.15, 0.2) is 48.6 Å². The molecule has 0 bridgehead atoms. The molecule has 0 amide bonds.